The molecule has 0 aliphatic rings. The van der Waals surface area contributed by atoms with Crippen molar-refractivity contribution >= 4 is 28.5 Å². The Morgan fingerprint density at radius 3 is 2.35 bits per heavy atom. The number of ether oxygens (including phenoxy) is 1. The maximum Gasteiger partial charge on any atom is 0.332 e. The second-order valence-corrected chi connectivity index (χ2v) is 6.24. The lowest BCUT2D eigenvalue weighted by molar-refractivity contribution is 0.0936. The minimum atomic E-state index is -0.765. The monoisotopic (exact) mass is 376 g/mol. The van der Waals surface area contributed by atoms with Crippen LogP contribution in [-0.2, 0) is 14.1 Å². The molecule has 1 unspecified atom stereocenters. The molecule has 0 amide bonds. The van der Waals surface area contributed by atoms with Crippen LogP contribution in [0.15, 0.2) is 33.9 Å². The molecule has 0 saturated carbocycles. The molecule has 0 aliphatic heterocycles. The summed E-state index contributed by atoms with van der Waals surface area (Å²) in [5.41, 5.74) is -0.395. The maximum absolute atomic E-state index is 12.9. The van der Waals surface area contributed by atoms with Crippen molar-refractivity contribution in [1.82, 2.24) is 18.7 Å². The second-order valence-electron chi connectivity index (χ2n) is 5.90. The summed E-state index contributed by atoms with van der Waals surface area (Å²) in [7, 11) is 4.41. The van der Waals surface area contributed by atoms with Crippen molar-refractivity contribution in [2.75, 3.05) is 7.11 Å². The maximum atomic E-state index is 12.9. The van der Waals surface area contributed by atoms with Crippen molar-refractivity contribution in [2.45, 2.75) is 13.0 Å². The van der Waals surface area contributed by atoms with E-state index in [0.29, 0.717) is 11.3 Å². The van der Waals surface area contributed by atoms with Crippen molar-refractivity contribution in [1.29, 1.82) is 0 Å². The van der Waals surface area contributed by atoms with Crippen LogP contribution in [0.25, 0.3) is 11.2 Å². The van der Waals surface area contributed by atoms with Gasteiger partial charge >= 0.3 is 5.69 Å². The minimum absolute atomic E-state index is 0.0346. The molecule has 0 bridgehead atoms. The van der Waals surface area contributed by atoms with Gasteiger partial charge in [0.15, 0.2) is 16.9 Å². The smallest absolute Gasteiger partial charge is 0.332 e. The lowest BCUT2D eigenvalue weighted by Gasteiger charge is -2.16. The molecule has 1 atom stereocenters. The molecule has 0 saturated heterocycles. The highest BCUT2D eigenvalue weighted by atomic mass is 35.5. The number of nitrogens with zero attached hydrogens (tertiary/aromatic N) is 4. The number of imidazole rings is 1. The van der Waals surface area contributed by atoms with Gasteiger partial charge in [0.05, 0.1) is 13.2 Å². The Bertz CT molecular complexity index is 1120. The standard InChI is InChI=1S/C17H17ClN4O4/c1-9(13(23)10-5-7-11(26-4)8-6-10)22-14-12(19-16(22)18)15(24)21(3)17(25)20(14)2/h5-9H,1-4H3. The fourth-order valence-electron chi connectivity index (χ4n) is 2.88. The van der Waals surface area contributed by atoms with Gasteiger partial charge in [0.25, 0.3) is 5.56 Å². The highest BCUT2D eigenvalue weighted by molar-refractivity contribution is 6.29. The highest BCUT2D eigenvalue weighted by Crippen LogP contribution is 2.25. The number of Topliss-reactive ketones (excluding diaryl/α,β-unsaturated/α-hetero) is 1. The molecule has 0 spiro atoms. The first-order valence-electron chi connectivity index (χ1n) is 7.79. The van der Waals surface area contributed by atoms with Crippen molar-refractivity contribution < 1.29 is 9.53 Å². The van der Waals surface area contributed by atoms with E-state index in [0.717, 1.165) is 4.57 Å². The zero-order valence-electron chi connectivity index (χ0n) is 14.7. The number of rotatable bonds is 4. The number of hydrogen-bond donors (Lipinski definition) is 0. The summed E-state index contributed by atoms with van der Waals surface area (Å²) in [6.07, 6.45) is 0. The second kappa shape index (κ2) is 6.45. The number of aryl methyl sites for hydroxylation is 1. The fraction of sp³-hybridized carbons (Fsp3) is 0.294. The normalized spacial score (nSPS) is 12.3. The van der Waals surface area contributed by atoms with Gasteiger partial charge in [-0.25, -0.2) is 9.78 Å². The van der Waals surface area contributed by atoms with Gasteiger partial charge in [-0.2, -0.15) is 0 Å². The molecule has 8 nitrogen and oxygen atoms in total. The number of benzene rings is 1. The predicted octanol–water partition coefficient (Wildman–Crippen LogP) is 1.54. The van der Waals surface area contributed by atoms with Gasteiger partial charge in [0.1, 0.15) is 5.75 Å². The number of hydrogen-bond acceptors (Lipinski definition) is 5. The van der Waals surface area contributed by atoms with Crippen molar-refractivity contribution in [3.8, 4) is 5.75 Å². The summed E-state index contributed by atoms with van der Waals surface area (Å²) in [6.45, 7) is 1.64. The Morgan fingerprint density at radius 1 is 1.15 bits per heavy atom. The third-order valence-electron chi connectivity index (χ3n) is 4.38. The van der Waals surface area contributed by atoms with Gasteiger partial charge in [-0.3, -0.25) is 23.3 Å². The zero-order valence-corrected chi connectivity index (χ0v) is 15.4. The third-order valence-corrected chi connectivity index (χ3v) is 4.65. The molecule has 1 aromatic carbocycles. The van der Waals surface area contributed by atoms with Crippen molar-refractivity contribution in [2.24, 2.45) is 14.1 Å². The quantitative estimate of drug-likeness (QED) is 0.509. The SMILES string of the molecule is COc1ccc(C(=O)C(C)n2c(Cl)nc3c(=O)n(C)c(=O)n(C)c32)cc1. The van der Waals surface area contributed by atoms with E-state index in [2.05, 4.69) is 4.98 Å². The van der Waals surface area contributed by atoms with Crippen LogP contribution in [0.2, 0.25) is 5.28 Å². The molecule has 3 rings (SSSR count). The molecule has 2 heterocycles. The van der Waals surface area contributed by atoms with Crippen LogP contribution in [0.1, 0.15) is 23.3 Å². The van der Waals surface area contributed by atoms with Crippen LogP contribution in [-0.4, -0.2) is 31.6 Å². The largest absolute Gasteiger partial charge is 0.497 e. The topological polar surface area (TPSA) is 88.1 Å². The molecule has 0 fully saturated rings. The first-order chi connectivity index (χ1) is 12.3. The summed E-state index contributed by atoms with van der Waals surface area (Å²) in [4.78, 5) is 41.5. The summed E-state index contributed by atoms with van der Waals surface area (Å²) in [6, 6.07) is 5.88. The van der Waals surface area contributed by atoms with E-state index in [4.69, 9.17) is 16.3 Å². The van der Waals surface area contributed by atoms with E-state index in [1.165, 1.54) is 30.3 Å². The van der Waals surface area contributed by atoms with Gasteiger partial charge in [0.2, 0.25) is 5.28 Å². The van der Waals surface area contributed by atoms with Gasteiger partial charge in [-0.05, 0) is 42.8 Å². The number of halogens is 1. The lowest BCUT2D eigenvalue weighted by atomic mass is 10.1. The first-order valence-corrected chi connectivity index (χ1v) is 8.17. The predicted molar refractivity (Wildman–Crippen MR) is 97.3 cm³/mol. The number of aromatic nitrogens is 4. The molecule has 2 aromatic heterocycles. The highest BCUT2D eigenvalue weighted by Gasteiger charge is 2.25. The van der Waals surface area contributed by atoms with Crippen molar-refractivity contribution in [3.05, 3.63) is 56.0 Å². The Morgan fingerprint density at radius 2 is 1.77 bits per heavy atom. The molecular weight excluding hydrogens is 360 g/mol. The lowest BCUT2D eigenvalue weighted by Crippen LogP contribution is -2.37. The number of carbonyl (C=O) groups is 1. The summed E-state index contributed by atoms with van der Waals surface area (Å²) < 4.78 is 8.69. The average molecular weight is 377 g/mol. The van der Waals surface area contributed by atoms with Crippen LogP contribution in [0.4, 0.5) is 0 Å². The van der Waals surface area contributed by atoms with E-state index in [1.807, 2.05) is 0 Å². The van der Waals surface area contributed by atoms with E-state index in [9.17, 15) is 14.4 Å². The summed E-state index contributed by atoms with van der Waals surface area (Å²) in [5, 5.41) is -0.0346. The van der Waals surface area contributed by atoms with Crippen LogP contribution < -0.4 is 16.0 Å². The summed E-state index contributed by atoms with van der Waals surface area (Å²) >= 11 is 6.21. The molecule has 26 heavy (non-hydrogen) atoms. The average Bonchev–Trinajstić information content (AvgIpc) is 3.00. The number of carbonyl (C=O) groups excluding carboxylic acids is 1. The van der Waals surface area contributed by atoms with Crippen LogP contribution in [0.3, 0.4) is 0 Å². The molecule has 0 N–H and O–H groups in total. The molecule has 9 heteroatoms. The number of fused-ring (bicyclic) bond motifs is 1. The van der Waals surface area contributed by atoms with Crippen LogP contribution >= 0.6 is 11.6 Å². The Balaban J connectivity index is 2.18. The zero-order chi connectivity index (χ0) is 19.2. The van der Waals surface area contributed by atoms with E-state index in [1.54, 1.807) is 31.2 Å². The van der Waals surface area contributed by atoms with E-state index < -0.39 is 17.3 Å². The number of methoxy groups -OCH3 is 1. The first kappa shape index (κ1) is 17.9. The van der Waals surface area contributed by atoms with E-state index in [-0.39, 0.29) is 22.2 Å². The molecule has 0 aliphatic carbocycles. The van der Waals surface area contributed by atoms with Gasteiger partial charge in [-0.1, -0.05) is 0 Å². The van der Waals surface area contributed by atoms with Gasteiger partial charge < -0.3 is 4.74 Å². The third kappa shape index (κ3) is 2.62. The van der Waals surface area contributed by atoms with E-state index >= 15 is 0 Å². The fourth-order valence-corrected chi connectivity index (χ4v) is 3.19. The number of ketones is 1. The summed E-state index contributed by atoms with van der Waals surface area (Å²) in [5.74, 6) is 0.396. The Kier molecular flexibility index (Phi) is 4.45. The minimum Gasteiger partial charge on any atom is -0.497 e. The molecule has 3 aromatic rings. The molecular formula is C17H17ClN4O4. The van der Waals surface area contributed by atoms with Crippen LogP contribution in [0, 0.1) is 0 Å². The van der Waals surface area contributed by atoms with Crippen LogP contribution in [0.5, 0.6) is 5.75 Å². The Labute approximate surface area is 153 Å². The molecule has 0 radical (unpaired) electrons. The van der Waals surface area contributed by atoms with Crippen molar-refractivity contribution in [3.63, 3.8) is 0 Å². The molecule has 136 valence electrons. The Hall–Kier alpha value is -2.87. The van der Waals surface area contributed by atoms with Gasteiger partial charge in [0, 0.05) is 19.7 Å². The van der Waals surface area contributed by atoms with Gasteiger partial charge in [-0.15, -0.1) is 0 Å².